The Labute approximate surface area is 122 Å². The molecule has 0 saturated carbocycles. The highest BCUT2D eigenvalue weighted by atomic mass is 35.5. The molecule has 5 nitrogen and oxygen atoms in total. The van der Waals surface area contributed by atoms with Crippen molar-refractivity contribution in [3.05, 3.63) is 52.3 Å². The fourth-order valence-electron chi connectivity index (χ4n) is 1.76. The zero-order valence-electron chi connectivity index (χ0n) is 11.3. The van der Waals surface area contributed by atoms with Crippen LogP contribution in [0.4, 0.5) is 0 Å². The van der Waals surface area contributed by atoms with Gasteiger partial charge in [0.05, 0.1) is 11.9 Å². The fourth-order valence-corrected chi connectivity index (χ4v) is 1.94. The number of hydrogen-bond donors (Lipinski definition) is 1. The maximum atomic E-state index is 11.7. The van der Waals surface area contributed by atoms with Crippen molar-refractivity contribution in [3.63, 3.8) is 0 Å². The Morgan fingerprint density at radius 2 is 2.20 bits per heavy atom. The number of carbonyl (C=O) groups excluding carboxylic acids is 1. The van der Waals surface area contributed by atoms with Gasteiger partial charge in [-0.15, -0.1) is 0 Å². The van der Waals surface area contributed by atoms with E-state index in [-0.39, 0.29) is 12.5 Å². The highest BCUT2D eigenvalue weighted by Crippen LogP contribution is 2.11. The molecule has 1 heterocycles. The first-order chi connectivity index (χ1) is 9.56. The molecule has 0 aliphatic carbocycles. The van der Waals surface area contributed by atoms with E-state index in [1.165, 1.54) is 6.21 Å². The lowest BCUT2D eigenvalue weighted by atomic mass is 10.2. The lowest BCUT2D eigenvalue weighted by Crippen LogP contribution is -2.24. The molecule has 0 radical (unpaired) electrons. The Morgan fingerprint density at radius 1 is 1.45 bits per heavy atom. The molecule has 0 aliphatic rings. The molecule has 104 valence electrons. The summed E-state index contributed by atoms with van der Waals surface area (Å²) in [5.41, 5.74) is 5.03. The maximum Gasteiger partial charge on any atom is 0.261 e. The van der Waals surface area contributed by atoms with Gasteiger partial charge < -0.3 is 0 Å². The molecule has 0 spiro atoms. The van der Waals surface area contributed by atoms with Crippen molar-refractivity contribution in [2.75, 3.05) is 0 Å². The van der Waals surface area contributed by atoms with E-state index < -0.39 is 0 Å². The van der Waals surface area contributed by atoms with Crippen molar-refractivity contribution in [2.24, 2.45) is 5.10 Å². The molecule has 0 aliphatic heterocycles. The summed E-state index contributed by atoms with van der Waals surface area (Å²) in [5, 5.41) is 8.69. The Hall–Kier alpha value is -2.14. The number of aromatic nitrogens is 2. The lowest BCUT2D eigenvalue weighted by molar-refractivity contribution is -0.121. The molecule has 2 aromatic rings. The van der Waals surface area contributed by atoms with Crippen LogP contribution in [0.15, 0.2) is 35.4 Å². The maximum absolute atomic E-state index is 11.7. The van der Waals surface area contributed by atoms with Crippen LogP contribution >= 0.6 is 11.6 Å². The summed E-state index contributed by atoms with van der Waals surface area (Å²) in [5.74, 6) is -0.237. The number of nitrogens with zero attached hydrogens (tertiary/aromatic N) is 3. The van der Waals surface area contributed by atoms with Crippen molar-refractivity contribution in [3.8, 4) is 0 Å². The summed E-state index contributed by atoms with van der Waals surface area (Å²) in [6.07, 6.45) is 1.52. The highest BCUT2D eigenvalue weighted by molar-refractivity contribution is 6.33. The summed E-state index contributed by atoms with van der Waals surface area (Å²) in [4.78, 5) is 11.7. The Kier molecular flexibility index (Phi) is 4.53. The van der Waals surface area contributed by atoms with E-state index in [2.05, 4.69) is 15.6 Å². The van der Waals surface area contributed by atoms with Crippen LogP contribution in [0.5, 0.6) is 0 Å². The van der Waals surface area contributed by atoms with Crippen LogP contribution in [0.25, 0.3) is 0 Å². The molecular weight excluding hydrogens is 276 g/mol. The summed E-state index contributed by atoms with van der Waals surface area (Å²) < 4.78 is 1.63. The van der Waals surface area contributed by atoms with Crippen molar-refractivity contribution >= 4 is 23.7 Å². The molecule has 6 heteroatoms. The van der Waals surface area contributed by atoms with Crippen LogP contribution in [0, 0.1) is 13.8 Å². The monoisotopic (exact) mass is 290 g/mol. The van der Waals surface area contributed by atoms with Crippen LogP contribution in [0.2, 0.25) is 5.02 Å². The van der Waals surface area contributed by atoms with Crippen molar-refractivity contribution in [1.82, 2.24) is 15.2 Å². The lowest BCUT2D eigenvalue weighted by Gasteiger charge is -2.02. The van der Waals surface area contributed by atoms with Gasteiger partial charge in [0, 0.05) is 16.3 Å². The van der Waals surface area contributed by atoms with E-state index in [1.54, 1.807) is 10.7 Å². The average Bonchev–Trinajstić information content (AvgIpc) is 2.70. The molecule has 20 heavy (non-hydrogen) atoms. The van der Waals surface area contributed by atoms with E-state index in [1.807, 2.05) is 38.1 Å². The van der Waals surface area contributed by atoms with Gasteiger partial charge in [-0.25, -0.2) is 5.43 Å². The van der Waals surface area contributed by atoms with E-state index in [0.29, 0.717) is 5.02 Å². The molecule has 0 fully saturated rings. The van der Waals surface area contributed by atoms with Gasteiger partial charge in [0.2, 0.25) is 0 Å². The number of halogens is 1. The Bertz CT molecular complexity index is 648. The minimum absolute atomic E-state index is 0.138. The third-order valence-electron chi connectivity index (χ3n) is 2.69. The minimum Gasteiger partial charge on any atom is -0.271 e. The van der Waals surface area contributed by atoms with E-state index in [9.17, 15) is 4.79 Å². The van der Waals surface area contributed by atoms with Gasteiger partial charge in [0.25, 0.3) is 5.91 Å². The Balaban J connectivity index is 1.93. The molecule has 1 N–H and O–H groups in total. The number of nitrogens with one attached hydrogen (secondary N) is 1. The van der Waals surface area contributed by atoms with E-state index in [4.69, 9.17) is 11.6 Å². The number of carbonyl (C=O) groups is 1. The molecule has 0 saturated heterocycles. The second-order valence-corrected chi connectivity index (χ2v) is 4.81. The summed E-state index contributed by atoms with van der Waals surface area (Å²) >= 11 is 5.97. The molecule has 0 atom stereocenters. The molecule has 1 aromatic carbocycles. The molecule has 1 aromatic heterocycles. The van der Waals surface area contributed by atoms with E-state index >= 15 is 0 Å². The normalized spacial score (nSPS) is 10.9. The third-order valence-corrected chi connectivity index (χ3v) is 3.04. The quantitative estimate of drug-likeness (QED) is 0.694. The van der Waals surface area contributed by atoms with Gasteiger partial charge in [-0.1, -0.05) is 29.8 Å². The minimum atomic E-state index is -0.237. The number of hydrazone groups is 1. The van der Waals surface area contributed by atoms with Crippen molar-refractivity contribution < 1.29 is 4.79 Å². The van der Waals surface area contributed by atoms with Crippen LogP contribution < -0.4 is 5.43 Å². The topological polar surface area (TPSA) is 59.3 Å². The second kappa shape index (κ2) is 6.34. The van der Waals surface area contributed by atoms with Gasteiger partial charge in [0.15, 0.2) is 0 Å². The first-order valence-corrected chi connectivity index (χ1v) is 6.51. The Morgan fingerprint density at radius 3 is 2.85 bits per heavy atom. The summed E-state index contributed by atoms with van der Waals surface area (Å²) in [6, 6.07) is 9.19. The number of rotatable bonds is 4. The number of benzene rings is 1. The van der Waals surface area contributed by atoms with Crippen molar-refractivity contribution in [2.45, 2.75) is 20.4 Å². The van der Waals surface area contributed by atoms with Crippen molar-refractivity contribution in [1.29, 1.82) is 0 Å². The van der Waals surface area contributed by atoms with Crippen LogP contribution in [0.3, 0.4) is 0 Å². The average molecular weight is 291 g/mol. The fraction of sp³-hybridized carbons (Fsp3) is 0.214. The van der Waals surface area contributed by atoms with Gasteiger partial charge in [-0.2, -0.15) is 10.2 Å². The summed E-state index contributed by atoms with van der Waals surface area (Å²) in [7, 11) is 0. The predicted octanol–water partition coefficient (Wildman–Crippen LogP) is 2.30. The first kappa shape index (κ1) is 14.3. The first-order valence-electron chi connectivity index (χ1n) is 6.14. The zero-order chi connectivity index (χ0) is 14.5. The highest BCUT2D eigenvalue weighted by Gasteiger charge is 2.05. The van der Waals surface area contributed by atoms with Crippen LogP contribution in [-0.4, -0.2) is 21.9 Å². The number of amides is 1. The number of aryl methyl sites for hydroxylation is 2. The SMILES string of the molecule is Cc1cc(C)n(CC(=O)N/N=C\c2ccccc2Cl)n1. The van der Waals surface area contributed by atoms with E-state index in [0.717, 1.165) is 17.0 Å². The largest absolute Gasteiger partial charge is 0.271 e. The summed E-state index contributed by atoms with van der Waals surface area (Å²) in [6.45, 7) is 3.93. The molecule has 1 amide bonds. The van der Waals surface area contributed by atoms with Gasteiger partial charge in [0.1, 0.15) is 6.54 Å². The van der Waals surface area contributed by atoms with Crippen LogP contribution in [-0.2, 0) is 11.3 Å². The predicted molar refractivity (Wildman–Crippen MR) is 78.9 cm³/mol. The second-order valence-electron chi connectivity index (χ2n) is 4.40. The molecule has 0 bridgehead atoms. The van der Waals surface area contributed by atoms with Gasteiger partial charge >= 0.3 is 0 Å². The zero-order valence-corrected chi connectivity index (χ0v) is 12.1. The molecular formula is C14H15ClN4O. The smallest absolute Gasteiger partial charge is 0.261 e. The van der Waals surface area contributed by atoms with Gasteiger partial charge in [-0.3, -0.25) is 9.48 Å². The third kappa shape index (κ3) is 3.68. The van der Waals surface area contributed by atoms with Crippen LogP contribution in [0.1, 0.15) is 17.0 Å². The molecule has 0 unspecified atom stereocenters. The van der Waals surface area contributed by atoms with Gasteiger partial charge in [-0.05, 0) is 26.0 Å². The molecule has 2 rings (SSSR count). The standard InChI is InChI=1S/C14H15ClN4O/c1-10-7-11(2)19(18-10)9-14(20)17-16-8-12-5-3-4-6-13(12)15/h3-8H,9H2,1-2H3,(H,17,20)/b16-8-. The number of hydrogen-bond acceptors (Lipinski definition) is 3.